The molecule has 7 nitrogen and oxygen atoms in total. The fraction of sp³-hybridized carbons (Fsp3) is 0.250. The van der Waals surface area contributed by atoms with Gasteiger partial charge in [0.1, 0.15) is 6.04 Å². The second kappa shape index (κ2) is 5.49. The fourth-order valence-electron chi connectivity index (χ4n) is 1.68. The zero-order valence-corrected chi connectivity index (χ0v) is 10.3. The highest BCUT2D eigenvalue weighted by Crippen LogP contribution is 2.14. The lowest BCUT2D eigenvalue weighted by atomic mass is 10.2. The van der Waals surface area contributed by atoms with Gasteiger partial charge in [-0.1, -0.05) is 0 Å². The first kappa shape index (κ1) is 13.0. The molecule has 0 radical (unpaired) electrons. The summed E-state index contributed by atoms with van der Waals surface area (Å²) in [7, 11) is 0. The SMILES string of the molecule is CC(=O)Nc1ccc(NC(=O)C2CC(=O)NN2)cc1. The molecule has 0 spiro atoms. The molecule has 0 bridgehead atoms. The average molecular weight is 262 g/mol. The first-order valence-corrected chi connectivity index (χ1v) is 5.77. The molecule has 2 rings (SSSR count). The number of hydrogen-bond donors (Lipinski definition) is 4. The van der Waals surface area contributed by atoms with E-state index in [4.69, 9.17) is 0 Å². The standard InChI is InChI=1S/C12H14N4O3/c1-7(17)13-8-2-4-9(5-3-8)14-12(19)10-6-11(18)16-15-10/h2-5,10,15H,6H2,1H3,(H,13,17)(H,14,19)(H,16,18). The summed E-state index contributed by atoms with van der Waals surface area (Å²) in [5, 5.41) is 5.31. The number of carbonyl (C=O) groups is 3. The molecule has 1 aliphatic rings. The van der Waals surface area contributed by atoms with Crippen molar-refractivity contribution in [2.45, 2.75) is 19.4 Å². The molecule has 7 heteroatoms. The van der Waals surface area contributed by atoms with Crippen molar-refractivity contribution in [3.8, 4) is 0 Å². The minimum atomic E-state index is -0.567. The summed E-state index contributed by atoms with van der Waals surface area (Å²) < 4.78 is 0. The van der Waals surface area contributed by atoms with Gasteiger partial charge in [0.05, 0.1) is 6.42 Å². The van der Waals surface area contributed by atoms with Gasteiger partial charge in [0.2, 0.25) is 17.7 Å². The van der Waals surface area contributed by atoms with Crippen LogP contribution in [-0.4, -0.2) is 23.8 Å². The molecule has 1 atom stereocenters. The molecular formula is C12H14N4O3. The summed E-state index contributed by atoms with van der Waals surface area (Å²) in [5.74, 6) is -0.650. The highest BCUT2D eigenvalue weighted by molar-refractivity contribution is 5.99. The average Bonchev–Trinajstić information content (AvgIpc) is 2.78. The van der Waals surface area contributed by atoms with Gasteiger partial charge in [0.25, 0.3) is 0 Å². The Morgan fingerprint density at radius 3 is 2.21 bits per heavy atom. The number of hydrogen-bond acceptors (Lipinski definition) is 4. The molecule has 3 amide bonds. The molecule has 1 fully saturated rings. The van der Waals surface area contributed by atoms with Gasteiger partial charge in [-0.25, -0.2) is 5.43 Å². The van der Waals surface area contributed by atoms with E-state index in [1.807, 2.05) is 0 Å². The predicted molar refractivity (Wildman–Crippen MR) is 69.1 cm³/mol. The second-order valence-electron chi connectivity index (χ2n) is 4.20. The van der Waals surface area contributed by atoms with Crippen LogP contribution in [0.2, 0.25) is 0 Å². The van der Waals surface area contributed by atoms with Crippen LogP contribution in [0.25, 0.3) is 0 Å². The summed E-state index contributed by atoms with van der Waals surface area (Å²) in [6.07, 6.45) is 0.121. The monoisotopic (exact) mass is 262 g/mol. The van der Waals surface area contributed by atoms with Crippen molar-refractivity contribution in [3.63, 3.8) is 0 Å². The van der Waals surface area contributed by atoms with Crippen LogP contribution >= 0.6 is 0 Å². The Morgan fingerprint density at radius 2 is 1.74 bits per heavy atom. The van der Waals surface area contributed by atoms with Gasteiger partial charge in [-0.2, -0.15) is 0 Å². The quantitative estimate of drug-likeness (QED) is 0.615. The molecule has 1 aliphatic heterocycles. The summed E-state index contributed by atoms with van der Waals surface area (Å²) in [4.78, 5) is 33.6. The number of amides is 3. The summed E-state index contributed by atoms with van der Waals surface area (Å²) >= 11 is 0. The smallest absolute Gasteiger partial charge is 0.243 e. The van der Waals surface area contributed by atoms with Crippen LogP contribution < -0.4 is 21.5 Å². The lowest BCUT2D eigenvalue weighted by Crippen LogP contribution is -2.39. The van der Waals surface area contributed by atoms with Crippen molar-refractivity contribution in [1.29, 1.82) is 0 Å². The Kier molecular flexibility index (Phi) is 3.76. The van der Waals surface area contributed by atoms with Crippen LogP contribution in [0.3, 0.4) is 0 Å². The Balaban J connectivity index is 1.94. The zero-order valence-electron chi connectivity index (χ0n) is 10.3. The van der Waals surface area contributed by atoms with E-state index in [1.54, 1.807) is 24.3 Å². The minimum Gasteiger partial charge on any atom is -0.326 e. The van der Waals surface area contributed by atoms with Gasteiger partial charge in [0.15, 0.2) is 0 Å². The Bertz CT molecular complexity index is 512. The topological polar surface area (TPSA) is 99.3 Å². The van der Waals surface area contributed by atoms with Crippen LogP contribution in [0.4, 0.5) is 11.4 Å². The predicted octanol–water partition coefficient (Wildman–Crippen LogP) is -0.0234. The molecule has 1 aromatic carbocycles. The molecule has 1 heterocycles. The Hall–Kier alpha value is -2.41. The number of hydrazine groups is 1. The molecule has 0 aliphatic carbocycles. The van der Waals surface area contributed by atoms with E-state index in [9.17, 15) is 14.4 Å². The molecule has 1 unspecified atom stereocenters. The first-order valence-electron chi connectivity index (χ1n) is 5.77. The number of carbonyl (C=O) groups excluding carboxylic acids is 3. The highest BCUT2D eigenvalue weighted by Gasteiger charge is 2.27. The number of nitrogens with one attached hydrogen (secondary N) is 4. The first-order chi connectivity index (χ1) is 9.04. The van der Waals surface area contributed by atoms with E-state index in [-0.39, 0.29) is 24.1 Å². The van der Waals surface area contributed by atoms with E-state index >= 15 is 0 Å². The lowest BCUT2D eigenvalue weighted by Gasteiger charge is -2.10. The van der Waals surface area contributed by atoms with Crippen molar-refractivity contribution in [2.24, 2.45) is 0 Å². The van der Waals surface area contributed by atoms with Crippen molar-refractivity contribution >= 4 is 29.1 Å². The lowest BCUT2D eigenvalue weighted by molar-refractivity contribution is -0.121. The molecular weight excluding hydrogens is 248 g/mol. The summed E-state index contributed by atoms with van der Waals surface area (Å²) in [6, 6.07) is 6.15. The molecule has 0 aromatic heterocycles. The maximum Gasteiger partial charge on any atom is 0.243 e. The number of benzene rings is 1. The van der Waals surface area contributed by atoms with Crippen LogP contribution in [0, 0.1) is 0 Å². The van der Waals surface area contributed by atoms with Gasteiger partial charge in [0, 0.05) is 18.3 Å². The molecule has 1 saturated heterocycles. The van der Waals surface area contributed by atoms with Gasteiger partial charge in [-0.05, 0) is 24.3 Å². The van der Waals surface area contributed by atoms with Crippen LogP contribution in [0.1, 0.15) is 13.3 Å². The van der Waals surface area contributed by atoms with Gasteiger partial charge in [-0.15, -0.1) is 0 Å². The van der Waals surface area contributed by atoms with Gasteiger partial charge >= 0.3 is 0 Å². The zero-order chi connectivity index (χ0) is 13.8. The molecule has 19 heavy (non-hydrogen) atoms. The highest BCUT2D eigenvalue weighted by atomic mass is 16.2. The van der Waals surface area contributed by atoms with Gasteiger partial charge in [-0.3, -0.25) is 19.8 Å². The third-order valence-electron chi connectivity index (χ3n) is 2.56. The van der Waals surface area contributed by atoms with Gasteiger partial charge < -0.3 is 10.6 Å². The van der Waals surface area contributed by atoms with Crippen molar-refractivity contribution in [1.82, 2.24) is 10.9 Å². The number of rotatable bonds is 3. The van der Waals surface area contributed by atoms with E-state index in [0.717, 1.165) is 0 Å². The third-order valence-corrected chi connectivity index (χ3v) is 2.56. The largest absolute Gasteiger partial charge is 0.326 e. The van der Waals surface area contributed by atoms with E-state index in [2.05, 4.69) is 21.5 Å². The van der Waals surface area contributed by atoms with E-state index in [0.29, 0.717) is 11.4 Å². The normalized spacial score (nSPS) is 17.7. The summed E-state index contributed by atoms with van der Waals surface area (Å²) in [5.41, 5.74) is 6.22. The third kappa shape index (κ3) is 3.52. The fourth-order valence-corrected chi connectivity index (χ4v) is 1.68. The second-order valence-corrected chi connectivity index (χ2v) is 4.20. The number of anilines is 2. The van der Waals surface area contributed by atoms with Crippen molar-refractivity contribution in [3.05, 3.63) is 24.3 Å². The Morgan fingerprint density at radius 1 is 1.16 bits per heavy atom. The van der Waals surface area contributed by atoms with Crippen LogP contribution in [0.5, 0.6) is 0 Å². The molecule has 0 saturated carbocycles. The van der Waals surface area contributed by atoms with Crippen molar-refractivity contribution in [2.75, 3.05) is 10.6 Å². The molecule has 4 N–H and O–H groups in total. The molecule has 100 valence electrons. The van der Waals surface area contributed by atoms with Crippen LogP contribution in [-0.2, 0) is 14.4 Å². The molecule has 1 aromatic rings. The maximum atomic E-state index is 11.8. The Labute approximate surface area is 109 Å². The summed E-state index contributed by atoms with van der Waals surface area (Å²) in [6.45, 7) is 1.42. The van der Waals surface area contributed by atoms with Crippen molar-refractivity contribution < 1.29 is 14.4 Å². The van der Waals surface area contributed by atoms with E-state index < -0.39 is 6.04 Å². The minimum absolute atomic E-state index is 0.121. The maximum absolute atomic E-state index is 11.8. The van der Waals surface area contributed by atoms with Crippen LogP contribution in [0.15, 0.2) is 24.3 Å². The van der Waals surface area contributed by atoms with E-state index in [1.165, 1.54) is 6.92 Å².